The molecule has 1 saturated carbocycles. The highest BCUT2D eigenvalue weighted by atomic mass is 16.4. The molecule has 0 aromatic heterocycles. The normalized spacial score (nSPS) is 24.9. The predicted octanol–water partition coefficient (Wildman–Crippen LogP) is 1.02. The zero-order chi connectivity index (χ0) is 14.6. The molecule has 2 fully saturated rings. The molecule has 0 aromatic rings. The van der Waals surface area contributed by atoms with E-state index in [9.17, 15) is 9.59 Å². The third kappa shape index (κ3) is 3.85. The number of hydrogen-bond donors (Lipinski definition) is 3. The van der Waals surface area contributed by atoms with E-state index in [4.69, 9.17) is 5.11 Å². The average molecular weight is 283 g/mol. The molecule has 2 rings (SSSR count). The van der Waals surface area contributed by atoms with E-state index in [1.807, 2.05) is 0 Å². The number of aliphatic carboxylic acids is 1. The quantitative estimate of drug-likeness (QED) is 0.680. The van der Waals surface area contributed by atoms with Crippen LogP contribution in [0, 0.1) is 5.92 Å². The van der Waals surface area contributed by atoms with Crippen molar-refractivity contribution in [2.24, 2.45) is 5.92 Å². The largest absolute Gasteiger partial charge is 0.481 e. The van der Waals surface area contributed by atoms with Gasteiger partial charge in [-0.2, -0.15) is 0 Å². The molecule has 2 amide bonds. The summed E-state index contributed by atoms with van der Waals surface area (Å²) in [6.07, 6.45) is 3.66. The van der Waals surface area contributed by atoms with Gasteiger partial charge in [-0.25, -0.2) is 4.79 Å². The maximum absolute atomic E-state index is 11.9. The Morgan fingerprint density at radius 1 is 1.40 bits per heavy atom. The van der Waals surface area contributed by atoms with Gasteiger partial charge in [-0.1, -0.05) is 6.92 Å². The molecule has 0 radical (unpaired) electrons. The summed E-state index contributed by atoms with van der Waals surface area (Å²) in [5.41, 5.74) is -0.513. The van der Waals surface area contributed by atoms with Gasteiger partial charge in [0.25, 0.3) is 0 Å². The van der Waals surface area contributed by atoms with Crippen LogP contribution in [0.15, 0.2) is 0 Å². The van der Waals surface area contributed by atoms with Crippen LogP contribution in [0.1, 0.15) is 39.0 Å². The number of nitrogens with zero attached hydrogens (tertiary/aromatic N) is 1. The fourth-order valence-electron chi connectivity index (χ4n) is 3.13. The number of likely N-dealkylation sites (tertiary alicyclic amines) is 1. The van der Waals surface area contributed by atoms with Crippen molar-refractivity contribution >= 4 is 12.0 Å². The molecule has 3 N–H and O–H groups in total. The third-order valence-corrected chi connectivity index (χ3v) is 4.55. The van der Waals surface area contributed by atoms with Gasteiger partial charge in [0, 0.05) is 13.1 Å². The highest BCUT2D eigenvalue weighted by Gasteiger charge is 2.40. The van der Waals surface area contributed by atoms with Gasteiger partial charge in [0.05, 0.1) is 12.0 Å². The summed E-state index contributed by atoms with van der Waals surface area (Å²) in [6, 6.07) is -0.221. The van der Waals surface area contributed by atoms with Crippen molar-refractivity contribution in [1.82, 2.24) is 15.5 Å². The van der Waals surface area contributed by atoms with E-state index in [0.29, 0.717) is 12.5 Å². The Bertz CT molecular complexity index is 369. The molecule has 1 heterocycles. The van der Waals surface area contributed by atoms with Crippen LogP contribution in [0.5, 0.6) is 0 Å². The van der Waals surface area contributed by atoms with Gasteiger partial charge < -0.3 is 20.6 Å². The lowest BCUT2D eigenvalue weighted by Gasteiger charge is -2.41. The number of rotatable bonds is 6. The van der Waals surface area contributed by atoms with E-state index in [0.717, 1.165) is 45.3 Å². The zero-order valence-electron chi connectivity index (χ0n) is 12.2. The molecule has 6 nitrogen and oxygen atoms in total. The zero-order valence-corrected chi connectivity index (χ0v) is 12.2. The number of hydrogen-bond acceptors (Lipinski definition) is 3. The number of carboxylic acids is 1. The van der Waals surface area contributed by atoms with Gasteiger partial charge in [-0.3, -0.25) is 4.79 Å². The molecule has 20 heavy (non-hydrogen) atoms. The molecule has 0 bridgehead atoms. The van der Waals surface area contributed by atoms with E-state index >= 15 is 0 Å². The number of carbonyl (C=O) groups excluding carboxylic acids is 1. The minimum absolute atomic E-state index is 0.0213. The standard InChI is InChI=1S/C14H25N3O3/c1-2-17-7-4-11(10-17)9-15-13(20)16-14(5-3-6-14)8-12(18)19/h11H,2-10H2,1H3,(H,18,19)(H2,15,16,20). The Kier molecular flexibility index (Phi) is 4.86. The van der Waals surface area contributed by atoms with E-state index in [1.165, 1.54) is 0 Å². The summed E-state index contributed by atoms with van der Waals surface area (Å²) in [6.45, 7) is 6.02. The second kappa shape index (κ2) is 6.43. The lowest BCUT2D eigenvalue weighted by molar-refractivity contribution is -0.139. The van der Waals surface area contributed by atoms with Crippen LogP contribution in [0.4, 0.5) is 4.79 Å². The van der Waals surface area contributed by atoms with Crippen LogP contribution in [-0.2, 0) is 4.79 Å². The van der Waals surface area contributed by atoms with Crippen LogP contribution < -0.4 is 10.6 Å². The molecule has 1 unspecified atom stereocenters. The summed E-state index contributed by atoms with van der Waals surface area (Å²) >= 11 is 0. The minimum Gasteiger partial charge on any atom is -0.481 e. The Morgan fingerprint density at radius 2 is 2.15 bits per heavy atom. The van der Waals surface area contributed by atoms with Crippen molar-refractivity contribution < 1.29 is 14.7 Å². The van der Waals surface area contributed by atoms with Gasteiger partial charge in [0.15, 0.2) is 0 Å². The SMILES string of the molecule is CCN1CCC(CNC(=O)NC2(CC(=O)O)CCC2)C1. The molecular weight excluding hydrogens is 258 g/mol. The fourth-order valence-corrected chi connectivity index (χ4v) is 3.13. The smallest absolute Gasteiger partial charge is 0.315 e. The molecule has 0 aromatic carbocycles. The van der Waals surface area contributed by atoms with Gasteiger partial charge in [-0.15, -0.1) is 0 Å². The minimum atomic E-state index is -0.848. The monoisotopic (exact) mass is 283 g/mol. The predicted molar refractivity (Wildman–Crippen MR) is 75.6 cm³/mol. The molecule has 114 valence electrons. The van der Waals surface area contributed by atoms with Crippen molar-refractivity contribution in [3.63, 3.8) is 0 Å². The van der Waals surface area contributed by atoms with Gasteiger partial charge in [-0.05, 0) is 44.7 Å². The second-order valence-corrected chi connectivity index (χ2v) is 6.09. The van der Waals surface area contributed by atoms with E-state index in [2.05, 4.69) is 22.5 Å². The van der Waals surface area contributed by atoms with Crippen LogP contribution in [-0.4, -0.2) is 53.7 Å². The number of nitrogens with one attached hydrogen (secondary N) is 2. The van der Waals surface area contributed by atoms with Crippen LogP contribution in [0.2, 0.25) is 0 Å². The highest BCUT2D eigenvalue weighted by Crippen LogP contribution is 2.34. The Labute approximate surface area is 119 Å². The molecule has 1 saturated heterocycles. The Balaban J connectivity index is 1.71. The highest BCUT2D eigenvalue weighted by molar-refractivity contribution is 5.77. The summed E-state index contributed by atoms with van der Waals surface area (Å²) in [5, 5.41) is 14.7. The first kappa shape index (κ1) is 15.1. The van der Waals surface area contributed by atoms with Crippen LogP contribution in [0.3, 0.4) is 0 Å². The van der Waals surface area contributed by atoms with Gasteiger partial charge in [0.2, 0.25) is 0 Å². The van der Waals surface area contributed by atoms with E-state index in [1.54, 1.807) is 0 Å². The number of carboxylic acid groups (broad SMARTS) is 1. The lowest BCUT2D eigenvalue weighted by atomic mass is 9.74. The molecule has 1 aliphatic carbocycles. The van der Waals surface area contributed by atoms with Crippen molar-refractivity contribution in [2.45, 2.75) is 44.6 Å². The van der Waals surface area contributed by atoms with Crippen LogP contribution >= 0.6 is 0 Å². The van der Waals surface area contributed by atoms with Crippen molar-refractivity contribution in [3.05, 3.63) is 0 Å². The van der Waals surface area contributed by atoms with Crippen LogP contribution in [0.25, 0.3) is 0 Å². The Morgan fingerprint density at radius 3 is 2.65 bits per heavy atom. The Hall–Kier alpha value is -1.30. The first-order valence-electron chi connectivity index (χ1n) is 7.53. The van der Waals surface area contributed by atoms with E-state index < -0.39 is 11.5 Å². The maximum atomic E-state index is 11.9. The van der Waals surface area contributed by atoms with Crippen molar-refractivity contribution in [1.29, 1.82) is 0 Å². The number of urea groups is 1. The van der Waals surface area contributed by atoms with Crippen molar-refractivity contribution in [2.75, 3.05) is 26.2 Å². The molecule has 6 heteroatoms. The summed E-state index contributed by atoms with van der Waals surface area (Å²) in [7, 11) is 0. The van der Waals surface area contributed by atoms with Gasteiger partial charge in [0.1, 0.15) is 0 Å². The van der Waals surface area contributed by atoms with Gasteiger partial charge >= 0.3 is 12.0 Å². The molecule has 1 aliphatic heterocycles. The summed E-state index contributed by atoms with van der Waals surface area (Å²) in [5.74, 6) is -0.336. The van der Waals surface area contributed by atoms with Crippen molar-refractivity contribution in [3.8, 4) is 0 Å². The molecule has 1 atom stereocenters. The third-order valence-electron chi connectivity index (χ3n) is 4.55. The molecule has 2 aliphatic rings. The maximum Gasteiger partial charge on any atom is 0.315 e. The molecular formula is C14H25N3O3. The second-order valence-electron chi connectivity index (χ2n) is 6.09. The van der Waals surface area contributed by atoms with E-state index in [-0.39, 0.29) is 12.5 Å². The summed E-state index contributed by atoms with van der Waals surface area (Å²) in [4.78, 5) is 25.1. The lowest BCUT2D eigenvalue weighted by Crippen LogP contribution is -2.57. The average Bonchev–Trinajstić information content (AvgIpc) is 2.81. The first-order chi connectivity index (χ1) is 9.53. The fraction of sp³-hybridized carbons (Fsp3) is 0.857. The number of amides is 2. The molecule has 0 spiro atoms. The first-order valence-corrected chi connectivity index (χ1v) is 7.53. The summed E-state index contributed by atoms with van der Waals surface area (Å²) < 4.78 is 0. The topological polar surface area (TPSA) is 81.7 Å². The number of carbonyl (C=O) groups is 2.